The molecule has 202 valence electrons. The molecule has 3 aromatic rings. The van der Waals surface area contributed by atoms with Gasteiger partial charge in [0.25, 0.3) is 5.91 Å². The smallest absolute Gasteiger partial charge is 0.251 e. The minimum absolute atomic E-state index is 0.0324. The van der Waals surface area contributed by atoms with Crippen LogP contribution in [0.4, 0.5) is 8.78 Å². The third-order valence-corrected chi connectivity index (χ3v) is 6.60. The molecule has 0 radical (unpaired) electrons. The number of aliphatic hydroxyl groups excluding tert-OH is 1. The number of halogens is 4. The number of hydrogen-bond acceptors (Lipinski definition) is 4. The third-order valence-electron chi connectivity index (χ3n) is 5.86. The van der Waals surface area contributed by atoms with Crippen molar-refractivity contribution in [2.24, 2.45) is 0 Å². The summed E-state index contributed by atoms with van der Waals surface area (Å²) in [5.74, 6) is -2.65. The highest BCUT2D eigenvalue weighted by Crippen LogP contribution is 2.22. The Kier molecular flexibility index (Phi) is 11.0. The maximum Gasteiger partial charge on any atom is 0.251 e. The fourth-order valence-corrected chi connectivity index (χ4v) is 4.19. The number of carbonyl (C=O) groups is 2. The second kappa shape index (κ2) is 14.2. The maximum atomic E-state index is 13.8. The first-order chi connectivity index (χ1) is 18.1. The van der Waals surface area contributed by atoms with E-state index < -0.39 is 42.1 Å². The van der Waals surface area contributed by atoms with Crippen LogP contribution in [0.1, 0.15) is 34.0 Å². The molecule has 2 atom stereocenters. The highest BCUT2D eigenvalue weighted by atomic mass is 35.5. The number of nitrogens with one attached hydrogen (secondary N) is 3. The normalized spacial score (nSPS) is 12.6. The van der Waals surface area contributed by atoms with E-state index in [1.54, 1.807) is 0 Å². The summed E-state index contributed by atoms with van der Waals surface area (Å²) in [7, 11) is 0. The van der Waals surface area contributed by atoms with Crippen LogP contribution in [-0.4, -0.2) is 42.2 Å². The summed E-state index contributed by atoms with van der Waals surface area (Å²) in [5.41, 5.74) is 2.71. The van der Waals surface area contributed by atoms with Gasteiger partial charge in [-0.1, -0.05) is 54.4 Å². The molecule has 0 unspecified atom stereocenters. The molecule has 0 bridgehead atoms. The fourth-order valence-electron chi connectivity index (χ4n) is 3.89. The van der Waals surface area contributed by atoms with Crippen molar-refractivity contribution < 1.29 is 23.5 Å². The highest BCUT2D eigenvalue weighted by molar-refractivity contribution is 6.42. The van der Waals surface area contributed by atoms with Gasteiger partial charge in [-0.25, -0.2) is 8.78 Å². The van der Waals surface area contributed by atoms with Crippen molar-refractivity contribution in [2.45, 2.75) is 38.5 Å². The summed E-state index contributed by atoms with van der Waals surface area (Å²) >= 11 is 11.8. The lowest BCUT2D eigenvalue weighted by atomic mass is 10.0. The quantitative estimate of drug-likeness (QED) is 0.262. The van der Waals surface area contributed by atoms with E-state index >= 15 is 0 Å². The maximum absolute atomic E-state index is 13.8. The van der Waals surface area contributed by atoms with Crippen LogP contribution in [0, 0.1) is 11.6 Å². The Bertz CT molecular complexity index is 1260. The molecule has 0 aliphatic carbocycles. The number of aliphatic hydroxyl groups is 1. The number of hydrogen-bond donors (Lipinski definition) is 4. The molecular formula is C28H29Cl2F2N3O3. The molecule has 3 rings (SSSR count). The van der Waals surface area contributed by atoms with E-state index in [0.29, 0.717) is 11.6 Å². The van der Waals surface area contributed by atoms with E-state index in [0.717, 1.165) is 30.2 Å². The van der Waals surface area contributed by atoms with Gasteiger partial charge in [0.2, 0.25) is 5.91 Å². The van der Waals surface area contributed by atoms with Gasteiger partial charge < -0.3 is 21.1 Å². The SMILES string of the molecule is CCc1cccc(CNC[C@@H](O)[C@H](Cc2cc(F)cc(F)c2)NC(=O)CNC(=O)c2ccc(Cl)c(Cl)c2)c1. The average molecular weight is 564 g/mol. The van der Waals surface area contributed by atoms with Crippen LogP contribution in [0.5, 0.6) is 0 Å². The van der Waals surface area contributed by atoms with Gasteiger partial charge in [-0.05, 0) is 59.9 Å². The Hall–Kier alpha value is -3.04. The molecule has 0 fully saturated rings. The summed E-state index contributed by atoms with van der Waals surface area (Å²) < 4.78 is 27.5. The van der Waals surface area contributed by atoms with Crippen LogP contribution in [-0.2, 0) is 24.2 Å². The average Bonchev–Trinajstić information content (AvgIpc) is 2.88. The number of benzene rings is 3. The Morgan fingerprint density at radius 2 is 1.63 bits per heavy atom. The van der Waals surface area contributed by atoms with Gasteiger partial charge in [-0.3, -0.25) is 9.59 Å². The predicted octanol–water partition coefficient (Wildman–Crippen LogP) is 4.44. The molecule has 2 amide bonds. The molecule has 0 aromatic heterocycles. The van der Waals surface area contributed by atoms with E-state index in [2.05, 4.69) is 28.9 Å². The number of aryl methyl sites for hydroxylation is 1. The molecule has 10 heteroatoms. The summed E-state index contributed by atoms with van der Waals surface area (Å²) in [5, 5.41) is 19.7. The highest BCUT2D eigenvalue weighted by Gasteiger charge is 2.23. The summed E-state index contributed by atoms with van der Waals surface area (Å²) in [6.07, 6.45) is -0.225. The molecule has 0 heterocycles. The second-order valence-electron chi connectivity index (χ2n) is 8.84. The Labute approximate surface area is 230 Å². The molecular weight excluding hydrogens is 535 g/mol. The number of rotatable bonds is 12. The lowest BCUT2D eigenvalue weighted by Crippen LogP contribution is -2.51. The Balaban J connectivity index is 1.63. The zero-order valence-electron chi connectivity index (χ0n) is 20.7. The number of amides is 2. The molecule has 0 saturated heterocycles. The van der Waals surface area contributed by atoms with Crippen LogP contribution >= 0.6 is 23.2 Å². The minimum Gasteiger partial charge on any atom is -0.390 e. The van der Waals surface area contributed by atoms with Crippen LogP contribution in [0.25, 0.3) is 0 Å². The zero-order chi connectivity index (χ0) is 27.7. The molecule has 3 aromatic carbocycles. The van der Waals surface area contributed by atoms with Crippen molar-refractivity contribution in [1.82, 2.24) is 16.0 Å². The monoisotopic (exact) mass is 563 g/mol. The predicted molar refractivity (Wildman–Crippen MR) is 144 cm³/mol. The first-order valence-electron chi connectivity index (χ1n) is 12.1. The summed E-state index contributed by atoms with van der Waals surface area (Å²) in [6, 6.07) is 14.5. The minimum atomic E-state index is -1.09. The van der Waals surface area contributed by atoms with Crippen molar-refractivity contribution in [3.05, 3.63) is 105 Å². The van der Waals surface area contributed by atoms with Crippen molar-refractivity contribution >= 4 is 35.0 Å². The van der Waals surface area contributed by atoms with Gasteiger partial charge in [0.1, 0.15) is 11.6 Å². The Morgan fingerprint density at radius 3 is 2.32 bits per heavy atom. The van der Waals surface area contributed by atoms with E-state index in [4.69, 9.17) is 23.2 Å². The largest absolute Gasteiger partial charge is 0.390 e. The van der Waals surface area contributed by atoms with Crippen molar-refractivity contribution in [2.75, 3.05) is 13.1 Å². The van der Waals surface area contributed by atoms with Gasteiger partial charge in [0.15, 0.2) is 0 Å². The molecule has 0 saturated carbocycles. The lowest BCUT2D eigenvalue weighted by Gasteiger charge is -2.25. The molecule has 0 aliphatic heterocycles. The van der Waals surface area contributed by atoms with Crippen molar-refractivity contribution in [3.63, 3.8) is 0 Å². The molecule has 6 nitrogen and oxygen atoms in total. The third kappa shape index (κ3) is 9.06. The van der Waals surface area contributed by atoms with Crippen molar-refractivity contribution in [1.29, 1.82) is 0 Å². The van der Waals surface area contributed by atoms with Gasteiger partial charge >= 0.3 is 0 Å². The molecule has 0 spiro atoms. The molecule has 0 aliphatic rings. The Morgan fingerprint density at radius 1 is 0.921 bits per heavy atom. The van der Waals surface area contributed by atoms with E-state index in [1.807, 2.05) is 18.2 Å². The topological polar surface area (TPSA) is 90.5 Å². The summed E-state index contributed by atoms with van der Waals surface area (Å²) in [6.45, 7) is 2.26. The first-order valence-corrected chi connectivity index (χ1v) is 12.8. The van der Waals surface area contributed by atoms with Crippen LogP contribution in [0.2, 0.25) is 10.0 Å². The van der Waals surface area contributed by atoms with Gasteiger partial charge in [-0.15, -0.1) is 0 Å². The first kappa shape index (κ1) is 29.5. The lowest BCUT2D eigenvalue weighted by molar-refractivity contribution is -0.121. The second-order valence-corrected chi connectivity index (χ2v) is 9.65. The van der Waals surface area contributed by atoms with Gasteiger partial charge in [0.05, 0.1) is 28.7 Å². The molecule has 38 heavy (non-hydrogen) atoms. The fraction of sp³-hybridized carbons (Fsp3) is 0.286. The van der Waals surface area contributed by atoms with Gasteiger partial charge in [-0.2, -0.15) is 0 Å². The van der Waals surface area contributed by atoms with E-state index in [1.165, 1.54) is 23.8 Å². The van der Waals surface area contributed by atoms with Crippen molar-refractivity contribution in [3.8, 4) is 0 Å². The number of carbonyl (C=O) groups excluding carboxylic acids is 2. The van der Waals surface area contributed by atoms with Crippen LogP contribution < -0.4 is 16.0 Å². The summed E-state index contributed by atoms with van der Waals surface area (Å²) in [4.78, 5) is 25.0. The molecule has 4 N–H and O–H groups in total. The van der Waals surface area contributed by atoms with Crippen LogP contribution in [0.15, 0.2) is 60.7 Å². The standard InChI is InChI=1S/C28H29Cl2F2N3O3/c1-2-17-4-3-5-18(8-17)14-33-15-26(36)25(11-19-9-21(31)13-22(32)10-19)35-27(37)16-34-28(38)20-6-7-23(29)24(30)12-20/h3-10,12-13,25-26,33,36H,2,11,14-16H2,1H3,(H,34,38)(H,35,37)/t25-,26+/m0/s1. The van der Waals surface area contributed by atoms with Crippen LogP contribution in [0.3, 0.4) is 0 Å². The van der Waals surface area contributed by atoms with Gasteiger partial charge in [0, 0.05) is 24.7 Å². The van der Waals surface area contributed by atoms with E-state index in [-0.39, 0.29) is 29.1 Å². The van der Waals surface area contributed by atoms with E-state index in [9.17, 15) is 23.5 Å². The zero-order valence-corrected chi connectivity index (χ0v) is 22.3.